The van der Waals surface area contributed by atoms with Crippen LogP contribution in [0, 0.1) is 5.82 Å². The largest absolute Gasteiger partial charge is 0.496 e. The molecular weight excluding hydrogens is 465 g/mol. The van der Waals surface area contributed by atoms with Crippen LogP contribution in [-0.4, -0.2) is 44.5 Å². The summed E-state index contributed by atoms with van der Waals surface area (Å²) in [6, 6.07) is 13.0. The topological polar surface area (TPSA) is 94.7 Å². The third kappa shape index (κ3) is 4.95. The van der Waals surface area contributed by atoms with Crippen LogP contribution in [0.1, 0.15) is 27.2 Å². The number of rotatable bonds is 9. The molecule has 8 nitrogen and oxygen atoms in total. The number of aromatic nitrogens is 2. The number of ether oxygens (including phenoxy) is 4. The predicted octanol–water partition coefficient (Wildman–Crippen LogP) is 4.84. The van der Waals surface area contributed by atoms with Gasteiger partial charge in [-0.25, -0.2) is 4.39 Å². The number of carbonyl (C=O) groups excluding carboxylic acids is 1. The molecule has 9 heteroatoms. The molecule has 0 atom stereocenters. The summed E-state index contributed by atoms with van der Waals surface area (Å²) in [5, 5.41) is 10.9. The fourth-order valence-electron chi connectivity index (χ4n) is 3.88. The van der Waals surface area contributed by atoms with Gasteiger partial charge in [-0.1, -0.05) is 18.2 Å². The molecule has 1 amide bonds. The van der Waals surface area contributed by atoms with Crippen LogP contribution >= 0.6 is 0 Å². The number of hydrogen-bond donors (Lipinski definition) is 2. The van der Waals surface area contributed by atoms with Crippen LogP contribution in [0.3, 0.4) is 0 Å². The third-order valence-electron chi connectivity index (χ3n) is 5.71. The van der Waals surface area contributed by atoms with E-state index in [9.17, 15) is 9.18 Å². The maximum Gasteiger partial charge on any atom is 0.255 e. The Balaban J connectivity index is 1.63. The van der Waals surface area contributed by atoms with Crippen molar-refractivity contribution >= 4 is 29.0 Å². The minimum absolute atomic E-state index is 0.152. The molecule has 0 spiro atoms. The molecule has 0 fully saturated rings. The molecule has 36 heavy (non-hydrogen) atoms. The van der Waals surface area contributed by atoms with Crippen molar-refractivity contribution in [1.29, 1.82) is 0 Å². The second-order valence-electron chi connectivity index (χ2n) is 7.76. The maximum absolute atomic E-state index is 13.2. The Labute approximate surface area is 207 Å². The van der Waals surface area contributed by atoms with E-state index in [1.165, 1.54) is 33.5 Å². The molecule has 2 N–H and O–H groups in total. The maximum atomic E-state index is 13.2. The van der Waals surface area contributed by atoms with Crippen LogP contribution in [0.25, 0.3) is 23.1 Å². The summed E-state index contributed by atoms with van der Waals surface area (Å²) in [4.78, 5) is 13.2. The molecule has 186 valence electrons. The number of amides is 1. The predicted molar refractivity (Wildman–Crippen MR) is 135 cm³/mol. The Morgan fingerprint density at radius 2 is 1.64 bits per heavy atom. The zero-order valence-electron chi connectivity index (χ0n) is 20.3. The van der Waals surface area contributed by atoms with E-state index in [0.717, 1.165) is 5.56 Å². The molecule has 3 aromatic carbocycles. The number of carbonyl (C=O) groups is 1. The lowest BCUT2D eigenvalue weighted by Crippen LogP contribution is -2.24. The zero-order chi connectivity index (χ0) is 25.7. The van der Waals surface area contributed by atoms with Gasteiger partial charge in [-0.05, 0) is 35.9 Å². The van der Waals surface area contributed by atoms with Crippen molar-refractivity contribution in [2.45, 2.75) is 6.54 Å². The summed E-state index contributed by atoms with van der Waals surface area (Å²) in [5.74, 6) is 1.36. The SMILES string of the molecule is COc1cc(OC)c(CNC(=O)c2ccc3[nH]nc(C=Cc4ccc(F)cc4)c3c2OC)c(OC)c1. The van der Waals surface area contributed by atoms with Gasteiger partial charge in [0.1, 0.15) is 28.8 Å². The van der Waals surface area contributed by atoms with Crippen LogP contribution in [0.5, 0.6) is 23.0 Å². The van der Waals surface area contributed by atoms with E-state index < -0.39 is 0 Å². The molecule has 0 bridgehead atoms. The van der Waals surface area contributed by atoms with Crippen LogP contribution in [-0.2, 0) is 6.54 Å². The van der Waals surface area contributed by atoms with Gasteiger partial charge in [0.2, 0.25) is 0 Å². The summed E-state index contributed by atoms with van der Waals surface area (Å²) in [7, 11) is 6.13. The van der Waals surface area contributed by atoms with Crippen LogP contribution in [0.4, 0.5) is 4.39 Å². The molecular formula is C27H26FN3O5. The monoisotopic (exact) mass is 491 g/mol. The number of halogens is 1. The Kier molecular flexibility index (Phi) is 7.39. The molecule has 4 rings (SSSR count). The first kappa shape index (κ1) is 24.6. The van der Waals surface area contributed by atoms with Gasteiger partial charge >= 0.3 is 0 Å². The highest BCUT2D eigenvalue weighted by Gasteiger charge is 2.20. The first-order chi connectivity index (χ1) is 17.5. The Hall–Kier alpha value is -4.53. The van der Waals surface area contributed by atoms with Gasteiger partial charge in [0.25, 0.3) is 5.91 Å². The van der Waals surface area contributed by atoms with Gasteiger partial charge in [0.05, 0.1) is 62.7 Å². The lowest BCUT2D eigenvalue weighted by molar-refractivity contribution is 0.0947. The number of aromatic amines is 1. The van der Waals surface area contributed by atoms with Crippen LogP contribution in [0.2, 0.25) is 0 Å². The van der Waals surface area contributed by atoms with E-state index in [2.05, 4.69) is 15.5 Å². The number of fused-ring (bicyclic) bond motifs is 1. The van der Waals surface area contributed by atoms with E-state index in [4.69, 9.17) is 18.9 Å². The average Bonchev–Trinajstić information content (AvgIpc) is 3.33. The lowest BCUT2D eigenvalue weighted by atomic mass is 10.1. The Bertz CT molecular complexity index is 1390. The van der Waals surface area contributed by atoms with Crippen molar-refractivity contribution in [3.05, 3.63) is 76.7 Å². The lowest BCUT2D eigenvalue weighted by Gasteiger charge is -2.16. The highest BCUT2D eigenvalue weighted by atomic mass is 19.1. The van der Waals surface area contributed by atoms with Gasteiger partial charge in [-0.2, -0.15) is 5.10 Å². The molecule has 0 aliphatic carbocycles. The molecule has 0 radical (unpaired) electrons. The van der Waals surface area contributed by atoms with Crippen molar-refractivity contribution in [3.63, 3.8) is 0 Å². The average molecular weight is 492 g/mol. The minimum atomic E-state index is -0.344. The van der Waals surface area contributed by atoms with Crippen molar-refractivity contribution < 1.29 is 28.1 Å². The second kappa shape index (κ2) is 10.8. The molecule has 0 unspecified atom stereocenters. The van der Waals surface area contributed by atoms with Gasteiger partial charge in [0, 0.05) is 12.1 Å². The summed E-state index contributed by atoms with van der Waals surface area (Å²) in [5.41, 5.74) is 3.11. The van der Waals surface area contributed by atoms with Gasteiger partial charge in [0.15, 0.2) is 0 Å². The molecule has 0 saturated carbocycles. The first-order valence-electron chi connectivity index (χ1n) is 11.0. The smallest absolute Gasteiger partial charge is 0.255 e. The molecule has 4 aromatic rings. The van der Waals surface area contributed by atoms with E-state index in [1.807, 2.05) is 6.08 Å². The van der Waals surface area contributed by atoms with Crippen molar-refractivity contribution in [3.8, 4) is 23.0 Å². The van der Waals surface area contributed by atoms with Crippen molar-refractivity contribution in [2.75, 3.05) is 28.4 Å². The molecule has 0 aliphatic heterocycles. The quantitative estimate of drug-likeness (QED) is 0.348. The Morgan fingerprint density at radius 3 is 2.25 bits per heavy atom. The number of H-pyrrole nitrogens is 1. The van der Waals surface area contributed by atoms with Crippen molar-refractivity contribution in [2.24, 2.45) is 0 Å². The Morgan fingerprint density at radius 1 is 0.944 bits per heavy atom. The minimum Gasteiger partial charge on any atom is -0.496 e. The van der Waals surface area contributed by atoms with E-state index in [0.29, 0.717) is 50.7 Å². The standard InChI is InChI=1S/C27H26FN3O5/c1-33-18-13-23(34-2)20(24(14-18)35-3)15-29-27(32)19-10-12-22-25(26(19)36-4)21(30-31-22)11-7-16-5-8-17(28)9-6-16/h5-14H,15H2,1-4H3,(H,29,32)(H,30,31). The fraction of sp³-hybridized carbons (Fsp3) is 0.185. The molecule has 0 aliphatic rings. The number of methoxy groups -OCH3 is 4. The van der Waals surface area contributed by atoms with Crippen molar-refractivity contribution in [1.82, 2.24) is 15.5 Å². The highest BCUT2D eigenvalue weighted by Crippen LogP contribution is 2.35. The molecule has 1 aromatic heterocycles. The molecule has 0 saturated heterocycles. The van der Waals surface area contributed by atoms with E-state index in [1.54, 1.807) is 49.6 Å². The van der Waals surface area contributed by atoms with Gasteiger partial charge in [-0.3, -0.25) is 9.89 Å². The highest BCUT2D eigenvalue weighted by molar-refractivity contribution is 6.05. The van der Waals surface area contributed by atoms with E-state index in [-0.39, 0.29) is 18.3 Å². The third-order valence-corrected chi connectivity index (χ3v) is 5.71. The fourth-order valence-corrected chi connectivity index (χ4v) is 3.88. The second-order valence-corrected chi connectivity index (χ2v) is 7.76. The number of benzene rings is 3. The normalized spacial score (nSPS) is 11.0. The summed E-state index contributed by atoms with van der Waals surface area (Å²) < 4.78 is 35.1. The first-order valence-corrected chi connectivity index (χ1v) is 11.0. The number of nitrogens with one attached hydrogen (secondary N) is 2. The number of hydrogen-bond acceptors (Lipinski definition) is 6. The van der Waals surface area contributed by atoms with Crippen LogP contribution in [0.15, 0.2) is 48.5 Å². The zero-order valence-corrected chi connectivity index (χ0v) is 20.3. The number of nitrogens with zero attached hydrogens (tertiary/aromatic N) is 1. The van der Waals surface area contributed by atoms with Gasteiger partial charge < -0.3 is 24.3 Å². The molecule has 1 heterocycles. The summed E-state index contributed by atoms with van der Waals surface area (Å²) in [6.07, 6.45) is 3.59. The van der Waals surface area contributed by atoms with Gasteiger partial charge in [-0.15, -0.1) is 0 Å². The van der Waals surface area contributed by atoms with E-state index >= 15 is 0 Å². The summed E-state index contributed by atoms with van der Waals surface area (Å²) in [6.45, 7) is 0.152. The van der Waals surface area contributed by atoms with Crippen LogP contribution < -0.4 is 24.3 Å². The summed E-state index contributed by atoms with van der Waals surface area (Å²) >= 11 is 0.